The summed E-state index contributed by atoms with van der Waals surface area (Å²) < 4.78 is 5.26. The summed E-state index contributed by atoms with van der Waals surface area (Å²) in [6, 6.07) is 18.4. The average Bonchev–Trinajstić information content (AvgIpc) is 3.10. The summed E-state index contributed by atoms with van der Waals surface area (Å²) in [4.78, 5) is 12.7. The highest BCUT2D eigenvalue weighted by Crippen LogP contribution is 2.25. The SMILES string of the molecule is CSc1ccc(-c2cc(N[C@@H](Cc3ccccc3)C(=O)O)on2)cc1. The van der Waals surface area contributed by atoms with Gasteiger partial charge in [-0.05, 0) is 24.0 Å². The molecule has 5 nitrogen and oxygen atoms in total. The van der Waals surface area contributed by atoms with Crippen LogP contribution in [0.3, 0.4) is 0 Å². The van der Waals surface area contributed by atoms with Gasteiger partial charge in [0, 0.05) is 22.9 Å². The number of anilines is 1. The van der Waals surface area contributed by atoms with Crippen LogP contribution in [0.4, 0.5) is 5.88 Å². The second-order valence-corrected chi connectivity index (χ2v) is 6.41. The molecule has 0 saturated heterocycles. The summed E-state index contributed by atoms with van der Waals surface area (Å²) in [6.07, 6.45) is 2.38. The van der Waals surface area contributed by atoms with E-state index in [9.17, 15) is 9.90 Å². The predicted molar refractivity (Wildman–Crippen MR) is 98.9 cm³/mol. The van der Waals surface area contributed by atoms with Gasteiger partial charge < -0.3 is 14.9 Å². The van der Waals surface area contributed by atoms with Crippen LogP contribution in [-0.4, -0.2) is 28.5 Å². The molecule has 0 radical (unpaired) electrons. The van der Waals surface area contributed by atoms with Gasteiger partial charge in [0.1, 0.15) is 11.7 Å². The fraction of sp³-hybridized carbons (Fsp3) is 0.158. The molecule has 0 amide bonds. The van der Waals surface area contributed by atoms with Crippen LogP contribution in [0.15, 0.2) is 70.1 Å². The smallest absolute Gasteiger partial charge is 0.326 e. The van der Waals surface area contributed by atoms with Gasteiger partial charge in [0.15, 0.2) is 0 Å². The summed E-state index contributed by atoms with van der Waals surface area (Å²) in [5.74, 6) is -0.599. The highest BCUT2D eigenvalue weighted by Gasteiger charge is 2.20. The predicted octanol–water partition coefficient (Wildman–Crippen LogP) is 4.17. The zero-order chi connectivity index (χ0) is 17.6. The van der Waals surface area contributed by atoms with Gasteiger partial charge in [0.05, 0.1) is 0 Å². The van der Waals surface area contributed by atoms with Crippen molar-refractivity contribution < 1.29 is 14.4 Å². The molecule has 1 atom stereocenters. The molecule has 0 aliphatic heterocycles. The molecule has 0 unspecified atom stereocenters. The average molecular weight is 354 g/mol. The Morgan fingerprint density at radius 1 is 1.20 bits per heavy atom. The van der Waals surface area contributed by atoms with E-state index in [0.29, 0.717) is 18.0 Å². The largest absolute Gasteiger partial charge is 0.480 e. The fourth-order valence-electron chi connectivity index (χ4n) is 2.46. The second-order valence-electron chi connectivity index (χ2n) is 5.53. The van der Waals surface area contributed by atoms with Crippen LogP contribution in [0.5, 0.6) is 0 Å². The van der Waals surface area contributed by atoms with Crippen molar-refractivity contribution in [1.29, 1.82) is 0 Å². The zero-order valence-electron chi connectivity index (χ0n) is 13.7. The Kier molecular flexibility index (Phi) is 5.40. The Hall–Kier alpha value is -2.73. The first kappa shape index (κ1) is 17.1. The Labute approximate surface area is 150 Å². The normalized spacial score (nSPS) is 11.9. The van der Waals surface area contributed by atoms with Crippen LogP contribution in [0.2, 0.25) is 0 Å². The van der Waals surface area contributed by atoms with E-state index in [1.807, 2.05) is 60.9 Å². The van der Waals surface area contributed by atoms with E-state index < -0.39 is 12.0 Å². The van der Waals surface area contributed by atoms with E-state index >= 15 is 0 Å². The summed E-state index contributed by atoms with van der Waals surface area (Å²) in [7, 11) is 0. The second kappa shape index (κ2) is 7.90. The molecule has 128 valence electrons. The van der Waals surface area contributed by atoms with E-state index in [1.165, 1.54) is 4.90 Å². The van der Waals surface area contributed by atoms with Crippen molar-refractivity contribution in [2.45, 2.75) is 17.4 Å². The minimum absolute atomic E-state index is 0.340. The van der Waals surface area contributed by atoms with Crippen molar-refractivity contribution >= 4 is 23.6 Å². The number of thioether (sulfide) groups is 1. The van der Waals surface area contributed by atoms with Crippen molar-refractivity contribution in [2.24, 2.45) is 0 Å². The minimum Gasteiger partial charge on any atom is -0.480 e. The molecular formula is C19H18N2O3S. The Balaban J connectivity index is 1.72. The molecule has 25 heavy (non-hydrogen) atoms. The molecule has 3 rings (SSSR count). The van der Waals surface area contributed by atoms with E-state index in [2.05, 4.69) is 10.5 Å². The van der Waals surface area contributed by atoms with Gasteiger partial charge in [-0.1, -0.05) is 47.6 Å². The molecule has 2 N–H and O–H groups in total. The first-order valence-electron chi connectivity index (χ1n) is 7.80. The lowest BCUT2D eigenvalue weighted by atomic mass is 10.1. The number of nitrogens with zero attached hydrogens (tertiary/aromatic N) is 1. The molecule has 1 heterocycles. The molecule has 3 aromatic rings. The minimum atomic E-state index is -0.939. The number of carboxylic acid groups (broad SMARTS) is 1. The third kappa shape index (κ3) is 4.42. The summed E-state index contributed by atoms with van der Waals surface area (Å²) in [5.41, 5.74) is 2.53. The maximum Gasteiger partial charge on any atom is 0.326 e. The highest BCUT2D eigenvalue weighted by atomic mass is 32.2. The lowest BCUT2D eigenvalue weighted by molar-refractivity contribution is -0.137. The molecule has 0 aliphatic rings. The van der Waals surface area contributed by atoms with Crippen molar-refractivity contribution in [2.75, 3.05) is 11.6 Å². The van der Waals surface area contributed by atoms with E-state index in [-0.39, 0.29) is 0 Å². The molecule has 6 heteroatoms. The Morgan fingerprint density at radius 3 is 2.56 bits per heavy atom. The molecule has 2 aromatic carbocycles. The number of benzene rings is 2. The van der Waals surface area contributed by atoms with Crippen LogP contribution in [0.1, 0.15) is 5.56 Å². The van der Waals surface area contributed by atoms with Gasteiger partial charge in [-0.15, -0.1) is 11.8 Å². The quantitative estimate of drug-likeness (QED) is 0.620. The Bertz CT molecular complexity index is 831. The maximum absolute atomic E-state index is 11.5. The van der Waals surface area contributed by atoms with Gasteiger partial charge in [-0.3, -0.25) is 0 Å². The van der Waals surface area contributed by atoms with Crippen molar-refractivity contribution in [3.8, 4) is 11.3 Å². The van der Waals surface area contributed by atoms with Crippen molar-refractivity contribution in [3.63, 3.8) is 0 Å². The summed E-state index contributed by atoms with van der Waals surface area (Å²) >= 11 is 1.67. The van der Waals surface area contributed by atoms with Crippen LogP contribution >= 0.6 is 11.8 Å². The van der Waals surface area contributed by atoms with Gasteiger partial charge in [-0.25, -0.2) is 4.79 Å². The first-order chi connectivity index (χ1) is 12.2. The number of carboxylic acids is 1. The molecular weight excluding hydrogens is 336 g/mol. The molecule has 0 bridgehead atoms. The first-order valence-corrected chi connectivity index (χ1v) is 9.02. The maximum atomic E-state index is 11.5. The van der Waals surface area contributed by atoms with E-state index in [0.717, 1.165) is 11.1 Å². The van der Waals surface area contributed by atoms with E-state index in [4.69, 9.17) is 4.52 Å². The van der Waals surface area contributed by atoms with Gasteiger partial charge in [-0.2, -0.15) is 0 Å². The molecule has 0 spiro atoms. The third-order valence-electron chi connectivity index (χ3n) is 3.79. The monoisotopic (exact) mass is 354 g/mol. The lowest BCUT2D eigenvalue weighted by Gasteiger charge is -2.13. The van der Waals surface area contributed by atoms with Crippen LogP contribution in [-0.2, 0) is 11.2 Å². The molecule has 1 aromatic heterocycles. The van der Waals surface area contributed by atoms with Gasteiger partial charge >= 0.3 is 5.97 Å². The number of aliphatic carboxylic acids is 1. The Morgan fingerprint density at radius 2 is 1.92 bits per heavy atom. The van der Waals surface area contributed by atoms with E-state index in [1.54, 1.807) is 17.8 Å². The van der Waals surface area contributed by atoms with Crippen molar-refractivity contribution in [3.05, 3.63) is 66.2 Å². The van der Waals surface area contributed by atoms with Crippen LogP contribution in [0.25, 0.3) is 11.3 Å². The zero-order valence-corrected chi connectivity index (χ0v) is 14.5. The molecule has 0 fully saturated rings. The van der Waals surface area contributed by atoms with Crippen LogP contribution in [0, 0.1) is 0 Å². The van der Waals surface area contributed by atoms with Crippen molar-refractivity contribution in [1.82, 2.24) is 5.16 Å². The highest BCUT2D eigenvalue weighted by molar-refractivity contribution is 7.98. The molecule has 0 aliphatic carbocycles. The fourth-order valence-corrected chi connectivity index (χ4v) is 2.87. The standard InChI is InChI=1S/C19H18N2O3S/c1-25-15-9-7-14(8-10-15)16-12-18(24-21-16)20-17(19(22)23)11-13-5-3-2-4-6-13/h2-10,12,17,20H,11H2,1H3,(H,22,23)/t17-/m0/s1. The number of rotatable bonds is 7. The number of nitrogens with one attached hydrogen (secondary N) is 1. The van der Waals surface area contributed by atoms with Gasteiger partial charge in [0.25, 0.3) is 0 Å². The third-order valence-corrected chi connectivity index (χ3v) is 4.54. The summed E-state index contributed by atoms with van der Waals surface area (Å²) in [6.45, 7) is 0. The number of aromatic nitrogens is 1. The lowest BCUT2D eigenvalue weighted by Crippen LogP contribution is -2.31. The summed E-state index contributed by atoms with van der Waals surface area (Å²) in [5, 5.41) is 16.4. The topological polar surface area (TPSA) is 75.4 Å². The number of hydrogen-bond acceptors (Lipinski definition) is 5. The number of carbonyl (C=O) groups is 1. The molecule has 0 saturated carbocycles. The van der Waals surface area contributed by atoms with Crippen LogP contribution < -0.4 is 5.32 Å². The number of hydrogen-bond donors (Lipinski definition) is 2. The van der Waals surface area contributed by atoms with Gasteiger partial charge in [0.2, 0.25) is 5.88 Å².